The van der Waals surface area contributed by atoms with Gasteiger partial charge in [-0.15, -0.1) is 0 Å². The van der Waals surface area contributed by atoms with Crippen LogP contribution in [0.15, 0.2) is 24.4 Å². The summed E-state index contributed by atoms with van der Waals surface area (Å²) in [7, 11) is 1.73. The van der Waals surface area contributed by atoms with Gasteiger partial charge in [0.2, 0.25) is 0 Å². The monoisotopic (exact) mass is 278 g/mol. The second-order valence-corrected chi connectivity index (χ2v) is 4.66. The standard InChI is InChI=1S/C13H18N4OS/c1-18-10-6-2-5-9-17-12(15-16-13(17)19)11-7-3-4-8-14-11/h3-4,7-8H,2,5-6,9-10H2,1H3,(H,16,19). The zero-order valence-corrected chi connectivity index (χ0v) is 11.8. The van der Waals surface area contributed by atoms with E-state index >= 15 is 0 Å². The molecule has 102 valence electrons. The molecule has 0 aliphatic heterocycles. The molecular formula is C13H18N4OS. The van der Waals surface area contributed by atoms with E-state index in [9.17, 15) is 0 Å². The van der Waals surface area contributed by atoms with E-state index in [-0.39, 0.29) is 0 Å². The Morgan fingerprint density at radius 3 is 2.95 bits per heavy atom. The molecule has 2 aromatic rings. The quantitative estimate of drug-likeness (QED) is 0.625. The first-order chi connectivity index (χ1) is 9.33. The van der Waals surface area contributed by atoms with Gasteiger partial charge >= 0.3 is 0 Å². The number of nitrogens with one attached hydrogen (secondary N) is 1. The van der Waals surface area contributed by atoms with Gasteiger partial charge in [0, 0.05) is 26.5 Å². The van der Waals surface area contributed by atoms with E-state index in [2.05, 4.69) is 15.2 Å². The molecule has 2 aromatic heterocycles. The van der Waals surface area contributed by atoms with Gasteiger partial charge in [0.05, 0.1) is 0 Å². The molecule has 2 heterocycles. The van der Waals surface area contributed by atoms with Crippen LogP contribution < -0.4 is 0 Å². The van der Waals surface area contributed by atoms with Crippen molar-refractivity contribution in [3.8, 4) is 11.5 Å². The third-order valence-corrected chi connectivity index (χ3v) is 3.19. The number of hydrogen-bond donors (Lipinski definition) is 1. The number of H-pyrrole nitrogens is 1. The number of methoxy groups -OCH3 is 1. The molecule has 0 aliphatic rings. The highest BCUT2D eigenvalue weighted by atomic mass is 32.1. The SMILES string of the molecule is COCCCCCn1c(-c2ccccn2)n[nH]c1=S. The molecule has 0 unspecified atom stereocenters. The van der Waals surface area contributed by atoms with Gasteiger partial charge < -0.3 is 4.74 Å². The second-order valence-electron chi connectivity index (χ2n) is 4.27. The van der Waals surface area contributed by atoms with Gasteiger partial charge in [-0.25, -0.2) is 0 Å². The van der Waals surface area contributed by atoms with Crippen LogP contribution in [0.25, 0.3) is 11.5 Å². The fourth-order valence-corrected chi connectivity index (χ4v) is 2.13. The fourth-order valence-electron chi connectivity index (χ4n) is 1.91. The highest BCUT2D eigenvalue weighted by Gasteiger charge is 2.08. The molecule has 0 spiro atoms. The Hall–Kier alpha value is -1.53. The molecule has 0 bridgehead atoms. The molecule has 0 atom stereocenters. The summed E-state index contributed by atoms with van der Waals surface area (Å²) in [6.07, 6.45) is 5.00. The summed E-state index contributed by atoms with van der Waals surface area (Å²) < 4.78 is 7.69. The maximum atomic E-state index is 5.27. The summed E-state index contributed by atoms with van der Waals surface area (Å²) >= 11 is 5.27. The van der Waals surface area contributed by atoms with Crippen LogP contribution >= 0.6 is 12.2 Å². The number of nitrogens with zero attached hydrogens (tertiary/aromatic N) is 3. The van der Waals surface area contributed by atoms with E-state index in [0.717, 1.165) is 43.9 Å². The summed E-state index contributed by atoms with van der Waals surface area (Å²) in [4.78, 5) is 4.31. The predicted molar refractivity (Wildman–Crippen MR) is 76.4 cm³/mol. The van der Waals surface area contributed by atoms with Crippen LogP contribution in [0.5, 0.6) is 0 Å². The van der Waals surface area contributed by atoms with E-state index in [0.29, 0.717) is 4.77 Å². The smallest absolute Gasteiger partial charge is 0.195 e. The summed E-state index contributed by atoms with van der Waals surface area (Å²) in [5.74, 6) is 0.803. The van der Waals surface area contributed by atoms with E-state index in [1.54, 1.807) is 13.3 Å². The zero-order valence-electron chi connectivity index (χ0n) is 11.0. The Balaban J connectivity index is 2.04. The number of aromatic nitrogens is 4. The van der Waals surface area contributed by atoms with Gasteiger partial charge in [0.25, 0.3) is 0 Å². The number of ether oxygens (including phenoxy) is 1. The van der Waals surface area contributed by atoms with Gasteiger partial charge in [-0.05, 0) is 43.6 Å². The highest BCUT2D eigenvalue weighted by molar-refractivity contribution is 7.71. The van der Waals surface area contributed by atoms with Gasteiger partial charge in [-0.3, -0.25) is 14.6 Å². The summed E-state index contributed by atoms with van der Waals surface area (Å²) in [5, 5.41) is 7.10. The Morgan fingerprint density at radius 1 is 1.32 bits per heavy atom. The van der Waals surface area contributed by atoms with Gasteiger partial charge in [-0.2, -0.15) is 5.10 Å². The first-order valence-corrected chi connectivity index (χ1v) is 6.79. The topological polar surface area (TPSA) is 55.7 Å². The van der Waals surface area contributed by atoms with Crippen molar-refractivity contribution in [3.05, 3.63) is 29.2 Å². The molecule has 0 amide bonds. The van der Waals surface area contributed by atoms with E-state index in [1.165, 1.54) is 0 Å². The Kier molecular flexibility index (Phi) is 5.23. The number of rotatable bonds is 7. The summed E-state index contributed by atoms with van der Waals surface area (Å²) in [5.41, 5.74) is 0.840. The van der Waals surface area contributed by atoms with Gasteiger partial charge in [-0.1, -0.05) is 6.07 Å². The van der Waals surface area contributed by atoms with Crippen molar-refractivity contribution >= 4 is 12.2 Å². The number of pyridine rings is 1. The molecule has 0 fully saturated rings. The largest absolute Gasteiger partial charge is 0.385 e. The van der Waals surface area contributed by atoms with E-state index < -0.39 is 0 Å². The maximum absolute atomic E-state index is 5.27. The fraction of sp³-hybridized carbons (Fsp3) is 0.462. The van der Waals surface area contributed by atoms with Crippen LogP contribution in [0.1, 0.15) is 19.3 Å². The normalized spacial score (nSPS) is 10.8. The lowest BCUT2D eigenvalue weighted by Gasteiger charge is -2.06. The van der Waals surface area contributed by atoms with Crippen molar-refractivity contribution in [3.63, 3.8) is 0 Å². The van der Waals surface area contributed by atoms with Gasteiger partial charge in [0.15, 0.2) is 10.6 Å². The van der Waals surface area contributed by atoms with E-state index in [1.807, 2.05) is 22.8 Å². The molecular weight excluding hydrogens is 260 g/mol. The van der Waals surface area contributed by atoms with Crippen LogP contribution in [0.3, 0.4) is 0 Å². The minimum atomic E-state index is 0.646. The minimum absolute atomic E-state index is 0.646. The molecule has 2 rings (SSSR count). The second kappa shape index (κ2) is 7.16. The zero-order chi connectivity index (χ0) is 13.5. The number of unbranched alkanes of at least 4 members (excludes halogenated alkanes) is 2. The van der Waals surface area contributed by atoms with Crippen molar-refractivity contribution in [2.75, 3.05) is 13.7 Å². The lowest BCUT2D eigenvalue weighted by molar-refractivity contribution is 0.191. The van der Waals surface area contributed by atoms with Crippen molar-refractivity contribution in [2.24, 2.45) is 0 Å². The molecule has 1 N–H and O–H groups in total. The minimum Gasteiger partial charge on any atom is -0.385 e. The first-order valence-electron chi connectivity index (χ1n) is 6.38. The maximum Gasteiger partial charge on any atom is 0.195 e. The van der Waals surface area contributed by atoms with Gasteiger partial charge in [0.1, 0.15) is 5.69 Å². The molecule has 0 aromatic carbocycles. The predicted octanol–water partition coefficient (Wildman–Crippen LogP) is 2.82. The van der Waals surface area contributed by atoms with Crippen molar-refractivity contribution in [1.29, 1.82) is 0 Å². The lowest BCUT2D eigenvalue weighted by Crippen LogP contribution is -2.02. The average Bonchev–Trinajstić information content (AvgIpc) is 2.81. The molecule has 0 saturated heterocycles. The van der Waals surface area contributed by atoms with Crippen molar-refractivity contribution < 1.29 is 4.74 Å². The van der Waals surface area contributed by atoms with Crippen LogP contribution in [-0.4, -0.2) is 33.5 Å². The third kappa shape index (κ3) is 3.71. The molecule has 19 heavy (non-hydrogen) atoms. The summed E-state index contributed by atoms with van der Waals surface area (Å²) in [6.45, 7) is 1.66. The van der Waals surface area contributed by atoms with Crippen LogP contribution in [-0.2, 0) is 11.3 Å². The average molecular weight is 278 g/mol. The Bertz CT molecular complexity index is 549. The highest BCUT2D eigenvalue weighted by Crippen LogP contribution is 2.14. The van der Waals surface area contributed by atoms with Crippen molar-refractivity contribution in [1.82, 2.24) is 19.7 Å². The number of hydrogen-bond acceptors (Lipinski definition) is 4. The van der Waals surface area contributed by atoms with Crippen LogP contribution in [0, 0.1) is 4.77 Å². The lowest BCUT2D eigenvalue weighted by atomic mass is 10.2. The Morgan fingerprint density at radius 2 is 2.21 bits per heavy atom. The van der Waals surface area contributed by atoms with E-state index in [4.69, 9.17) is 17.0 Å². The molecule has 6 heteroatoms. The Labute approximate surface area is 117 Å². The van der Waals surface area contributed by atoms with Crippen molar-refractivity contribution in [2.45, 2.75) is 25.8 Å². The number of aromatic amines is 1. The molecule has 5 nitrogen and oxygen atoms in total. The summed E-state index contributed by atoms with van der Waals surface area (Å²) in [6, 6.07) is 5.77. The first kappa shape index (κ1) is 13.9. The van der Waals surface area contributed by atoms with Crippen LogP contribution in [0.4, 0.5) is 0 Å². The third-order valence-electron chi connectivity index (χ3n) is 2.88. The molecule has 0 radical (unpaired) electrons. The van der Waals surface area contributed by atoms with Crippen LogP contribution in [0.2, 0.25) is 0 Å². The molecule has 0 aliphatic carbocycles. The molecule has 0 saturated carbocycles.